The zero-order valence-corrected chi connectivity index (χ0v) is 20.1. The van der Waals surface area contributed by atoms with Gasteiger partial charge in [0.2, 0.25) is 10.3 Å². The van der Waals surface area contributed by atoms with Gasteiger partial charge in [-0.05, 0) is 26.3 Å². The molecule has 166 valence electrons. The van der Waals surface area contributed by atoms with Crippen LogP contribution < -0.4 is 10.4 Å². The number of anilines is 2. The fraction of sp³-hybridized carbons (Fsp3) is 0.125. The molecule has 0 aliphatic carbocycles. The van der Waals surface area contributed by atoms with Gasteiger partial charge in [0, 0.05) is 15.8 Å². The van der Waals surface area contributed by atoms with Crippen molar-refractivity contribution in [2.24, 2.45) is 10.2 Å². The summed E-state index contributed by atoms with van der Waals surface area (Å²) < 4.78 is 0. The Morgan fingerprint density at radius 1 is 1.18 bits per heavy atom. The molecule has 0 saturated carbocycles. The standard InChI is InChI=1S/C24H22N6OS2/c1-5-6-8-11-15(2)19-14-32-24(26-19)30-22(31)21(20(29-30)18-12-9-7-10-13-18)27-28-23-25-16(3)17(4)33-23/h5-14H,1H2,2-4H3,(H,25,28)/b8-6-,15-11+,27-21-. The molecule has 1 aliphatic heterocycles. The third-order valence-corrected chi connectivity index (χ3v) is 6.62. The van der Waals surface area contributed by atoms with Crippen LogP contribution in [0.5, 0.6) is 0 Å². The first-order valence-corrected chi connectivity index (χ1v) is 11.9. The van der Waals surface area contributed by atoms with Gasteiger partial charge in [0.15, 0.2) is 5.71 Å². The SMILES string of the molecule is C=C/C=C\C=C(/C)c1csc(N2N=C(c3ccccc3)/C(=N/Nc3nc(C)c(C)s3)C2=O)n1. The molecule has 4 rings (SSSR count). The zero-order valence-electron chi connectivity index (χ0n) is 18.4. The Morgan fingerprint density at radius 3 is 2.67 bits per heavy atom. The van der Waals surface area contributed by atoms with Crippen LogP contribution in [-0.4, -0.2) is 27.3 Å². The molecular formula is C24H22N6OS2. The Bertz CT molecular complexity index is 1290. The van der Waals surface area contributed by atoms with Crippen LogP contribution in [-0.2, 0) is 4.79 Å². The summed E-state index contributed by atoms with van der Waals surface area (Å²) in [5.41, 5.74) is 7.10. The van der Waals surface area contributed by atoms with E-state index in [1.165, 1.54) is 27.7 Å². The van der Waals surface area contributed by atoms with E-state index in [4.69, 9.17) is 0 Å². The van der Waals surface area contributed by atoms with Crippen LogP contribution in [0.15, 0.2) is 76.8 Å². The van der Waals surface area contributed by atoms with Gasteiger partial charge in [-0.3, -0.25) is 10.2 Å². The van der Waals surface area contributed by atoms with Gasteiger partial charge < -0.3 is 0 Å². The van der Waals surface area contributed by atoms with Gasteiger partial charge in [0.1, 0.15) is 5.71 Å². The number of amides is 1. The molecule has 0 radical (unpaired) electrons. The highest BCUT2D eigenvalue weighted by atomic mass is 32.1. The summed E-state index contributed by atoms with van der Waals surface area (Å²) in [7, 11) is 0. The lowest BCUT2D eigenvalue weighted by Crippen LogP contribution is -2.28. The van der Waals surface area contributed by atoms with E-state index < -0.39 is 0 Å². The number of nitrogens with zero attached hydrogens (tertiary/aromatic N) is 5. The van der Waals surface area contributed by atoms with Gasteiger partial charge in [-0.15, -0.1) is 22.7 Å². The largest absolute Gasteiger partial charge is 0.303 e. The molecule has 0 spiro atoms. The number of aryl methyl sites for hydroxylation is 2. The Labute approximate surface area is 200 Å². The molecule has 0 atom stereocenters. The summed E-state index contributed by atoms with van der Waals surface area (Å²) in [6, 6.07) is 9.51. The summed E-state index contributed by atoms with van der Waals surface area (Å²) >= 11 is 2.84. The average Bonchev–Trinajstić information content (AvgIpc) is 3.51. The molecule has 1 amide bonds. The van der Waals surface area contributed by atoms with Gasteiger partial charge in [-0.2, -0.15) is 15.2 Å². The molecular weight excluding hydrogens is 452 g/mol. The molecule has 7 nitrogen and oxygen atoms in total. The highest BCUT2D eigenvalue weighted by Crippen LogP contribution is 2.29. The maximum Gasteiger partial charge on any atom is 0.303 e. The van der Waals surface area contributed by atoms with Crippen molar-refractivity contribution in [1.82, 2.24) is 9.97 Å². The minimum atomic E-state index is -0.347. The van der Waals surface area contributed by atoms with Crippen molar-refractivity contribution in [2.45, 2.75) is 20.8 Å². The summed E-state index contributed by atoms with van der Waals surface area (Å²) in [6.45, 7) is 9.56. The van der Waals surface area contributed by atoms with Gasteiger partial charge in [0.05, 0.1) is 11.4 Å². The van der Waals surface area contributed by atoms with Crippen LogP contribution in [0.2, 0.25) is 0 Å². The Balaban J connectivity index is 1.67. The number of allylic oxidation sites excluding steroid dienone is 5. The average molecular weight is 475 g/mol. The number of hydrogen-bond acceptors (Lipinski definition) is 8. The third kappa shape index (κ3) is 4.89. The number of nitrogens with one attached hydrogen (secondary N) is 1. The van der Waals surface area contributed by atoms with Crippen molar-refractivity contribution >= 4 is 55.8 Å². The molecule has 0 unspecified atom stereocenters. The predicted molar refractivity (Wildman–Crippen MR) is 138 cm³/mol. The molecule has 0 saturated heterocycles. The highest BCUT2D eigenvalue weighted by Gasteiger charge is 2.35. The van der Waals surface area contributed by atoms with E-state index in [1.54, 1.807) is 6.08 Å². The maximum absolute atomic E-state index is 13.3. The molecule has 1 aliphatic rings. The first kappa shape index (κ1) is 22.5. The van der Waals surface area contributed by atoms with Crippen LogP contribution in [0.1, 0.15) is 28.8 Å². The van der Waals surface area contributed by atoms with E-state index in [2.05, 4.69) is 32.2 Å². The topological polar surface area (TPSA) is 82.8 Å². The molecule has 9 heteroatoms. The van der Waals surface area contributed by atoms with E-state index in [1.807, 2.05) is 74.7 Å². The molecule has 0 fully saturated rings. The first-order valence-electron chi connectivity index (χ1n) is 10.2. The lowest BCUT2D eigenvalue weighted by Gasteiger charge is -2.06. The van der Waals surface area contributed by atoms with Crippen LogP contribution in [0.25, 0.3) is 5.57 Å². The monoisotopic (exact) mass is 474 g/mol. The molecule has 1 aromatic carbocycles. The summed E-state index contributed by atoms with van der Waals surface area (Å²) in [5, 5.41) is 13.3. The molecule has 3 aromatic rings. The number of hydrazone groups is 2. The fourth-order valence-corrected chi connectivity index (χ4v) is 4.53. The summed E-state index contributed by atoms with van der Waals surface area (Å²) in [5.74, 6) is -0.347. The maximum atomic E-state index is 13.3. The summed E-state index contributed by atoms with van der Waals surface area (Å²) in [4.78, 5) is 23.5. The van der Waals surface area contributed by atoms with E-state index in [0.717, 1.165) is 27.4 Å². The number of benzene rings is 1. The van der Waals surface area contributed by atoms with Gasteiger partial charge in [-0.25, -0.2) is 9.97 Å². The van der Waals surface area contributed by atoms with Gasteiger partial charge in [0.25, 0.3) is 0 Å². The van der Waals surface area contributed by atoms with Crippen LogP contribution >= 0.6 is 22.7 Å². The molecule has 1 N–H and O–H groups in total. The second-order valence-electron chi connectivity index (χ2n) is 7.15. The lowest BCUT2D eigenvalue weighted by molar-refractivity contribution is -0.112. The Morgan fingerprint density at radius 2 is 1.97 bits per heavy atom. The number of carbonyl (C=O) groups excluding carboxylic acids is 1. The Hall–Kier alpha value is -3.69. The number of thiazole rings is 2. The lowest BCUT2D eigenvalue weighted by atomic mass is 10.1. The van der Waals surface area contributed by atoms with E-state index in [0.29, 0.717) is 16.0 Å². The van der Waals surface area contributed by atoms with E-state index in [-0.39, 0.29) is 11.6 Å². The van der Waals surface area contributed by atoms with Crippen molar-refractivity contribution in [2.75, 3.05) is 10.4 Å². The fourth-order valence-electron chi connectivity index (χ4n) is 2.95. The van der Waals surface area contributed by atoms with Crippen LogP contribution in [0.4, 0.5) is 10.3 Å². The molecule has 3 heterocycles. The quantitative estimate of drug-likeness (QED) is 0.358. The number of rotatable bonds is 7. The molecule has 2 aromatic heterocycles. The first-order chi connectivity index (χ1) is 16.0. The Kier molecular flexibility index (Phi) is 6.71. The van der Waals surface area contributed by atoms with Crippen molar-refractivity contribution in [3.8, 4) is 0 Å². The van der Waals surface area contributed by atoms with Crippen molar-refractivity contribution < 1.29 is 4.79 Å². The van der Waals surface area contributed by atoms with Crippen LogP contribution in [0, 0.1) is 13.8 Å². The van der Waals surface area contributed by atoms with Gasteiger partial charge in [-0.1, -0.05) is 61.2 Å². The van der Waals surface area contributed by atoms with Gasteiger partial charge >= 0.3 is 5.91 Å². The van der Waals surface area contributed by atoms with Crippen molar-refractivity contribution in [3.05, 3.63) is 88.4 Å². The molecule has 33 heavy (non-hydrogen) atoms. The predicted octanol–water partition coefficient (Wildman–Crippen LogP) is 5.58. The van der Waals surface area contributed by atoms with E-state index >= 15 is 0 Å². The normalized spacial score (nSPS) is 15.5. The van der Waals surface area contributed by atoms with Crippen LogP contribution in [0.3, 0.4) is 0 Å². The second kappa shape index (κ2) is 9.85. The highest BCUT2D eigenvalue weighted by molar-refractivity contribution is 7.15. The minimum absolute atomic E-state index is 0.213. The third-order valence-electron chi connectivity index (χ3n) is 4.83. The zero-order chi connectivity index (χ0) is 23.4. The number of carbonyl (C=O) groups is 1. The van der Waals surface area contributed by atoms with Crippen molar-refractivity contribution in [3.63, 3.8) is 0 Å². The molecule has 0 bridgehead atoms. The second-order valence-corrected chi connectivity index (χ2v) is 9.19. The number of aromatic nitrogens is 2. The summed E-state index contributed by atoms with van der Waals surface area (Å²) in [6.07, 6.45) is 7.40. The number of hydrogen-bond donors (Lipinski definition) is 1. The minimum Gasteiger partial charge on any atom is -0.265 e. The smallest absolute Gasteiger partial charge is 0.265 e. The van der Waals surface area contributed by atoms with E-state index in [9.17, 15) is 4.79 Å². The van der Waals surface area contributed by atoms with Crippen molar-refractivity contribution in [1.29, 1.82) is 0 Å².